The van der Waals surface area contributed by atoms with E-state index in [1.54, 1.807) is 6.07 Å². The number of hydrogen-bond donors (Lipinski definition) is 2. The molecule has 1 aromatic carbocycles. The highest BCUT2D eigenvalue weighted by molar-refractivity contribution is 7.91. The summed E-state index contributed by atoms with van der Waals surface area (Å²) in [5, 5.41) is 5.86. The molecule has 2 heterocycles. The van der Waals surface area contributed by atoms with Crippen molar-refractivity contribution in [2.75, 3.05) is 75.4 Å². The molecule has 2 amide bonds. The van der Waals surface area contributed by atoms with Gasteiger partial charge in [-0.3, -0.25) is 9.59 Å². The molecule has 0 aromatic heterocycles. The summed E-state index contributed by atoms with van der Waals surface area (Å²) in [6, 6.07) is 5.27. The molecule has 12 heteroatoms. The van der Waals surface area contributed by atoms with Crippen molar-refractivity contribution in [1.82, 2.24) is 20.4 Å². The van der Waals surface area contributed by atoms with E-state index in [1.807, 2.05) is 32.9 Å². The molecule has 0 saturated carbocycles. The molecular weight excluding hydrogens is 528 g/mol. The molecule has 2 aliphatic rings. The van der Waals surface area contributed by atoms with E-state index in [-0.39, 0.29) is 40.2 Å². The molecule has 2 aliphatic heterocycles. The highest BCUT2D eigenvalue weighted by atomic mass is 32.2. The van der Waals surface area contributed by atoms with Gasteiger partial charge in [-0.2, -0.15) is 0 Å². The molecule has 0 bridgehead atoms. The minimum absolute atomic E-state index is 0.187. The van der Waals surface area contributed by atoms with Gasteiger partial charge >= 0.3 is 0 Å². The van der Waals surface area contributed by atoms with Crippen LogP contribution < -0.4 is 10.6 Å². The number of rotatable bonds is 10. The number of carbonyl (C=O) groups excluding carboxylic acids is 2. The Hall–Kier alpha value is -2.02. The zero-order chi connectivity index (χ0) is 28.0. The molecule has 0 atom stereocenters. The Kier molecular flexibility index (Phi) is 10.4. The summed E-state index contributed by atoms with van der Waals surface area (Å²) in [6.45, 7) is 10.6. The van der Waals surface area contributed by atoms with E-state index in [2.05, 4.69) is 20.4 Å². The lowest BCUT2D eigenvalue weighted by Gasteiger charge is -2.26. The summed E-state index contributed by atoms with van der Waals surface area (Å²) < 4.78 is 46.3. The molecule has 1 aromatic rings. The van der Waals surface area contributed by atoms with Crippen molar-refractivity contribution < 1.29 is 26.4 Å². The Bertz CT molecular complexity index is 1100. The number of nitrogens with one attached hydrogen (secondary N) is 2. The number of sulfone groups is 2. The first-order chi connectivity index (χ1) is 17.7. The summed E-state index contributed by atoms with van der Waals surface area (Å²) in [5.41, 5.74) is 1.50. The van der Waals surface area contributed by atoms with Crippen LogP contribution >= 0.6 is 0 Å². The first-order valence-electron chi connectivity index (χ1n) is 13.3. The average Bonchev–Trinajstić information content (AvgIpc) is 2.85. The Balaban J connectivity index is 1.51. The fraction of sp³-hybridized carbons (Fsp3) is 0.692. The van der Waals surface area contributed by atoms with Gasteiger partial charge in [-0.25, -0.2) is 16.8 Å². The van der Waals surface area contributed by atoms with Crippen LogP contribution in [0.5, 0.6) is 0 Å². The molecule has 0 spiro atoms. The van der Waals surface area contributed by atoms with E-state index in [4.69, 9.17) is 0 Å². The van der Waals surface area contributed by atoms with Gasteiger partial charge in [-0.15, -0.1) is 0 Å². The summed E-state index contributed by atoms with van der Waals surface area (Å²) >= 11 is 0. The minimum atomic E-state index is -2.91. The Morgan fingerprint density at radius 3 is 1.42 bits per heavy atom. The van der Waals surface area contributed by atoms with Crippen LogP contribution in [0.1, 0.15) is 59.9 Å². The van der Waals surface area contributed by atoms with Gasteiger partial charge in [0.05, 0.1) is 23.0 Å². The van der Waals surface area contributed by atoms with Crippen LogP contribution in [0.25, 0.3) is 0 Å². The van der Waals surface area contributed by atoms with Gasteiger partial charge in [0, 0.05) is 50.4 Å². The van der Waals surface area contributed by atoms with Crippen molar-refractivity contribution in [2.45, 2.75) is 39.0 Å². The predicted molar refractivity (Wildman–Crippen MR) is 149 cm³/mol. The van der Waals surface area contributed by atoms with Crippen molar-refractivity contribution in [3.05, 3.63) is 34.9 Å². The molecule has 0 aliphatic carbocycles. The van der Waals surface area contributed by atoms with Gasteiger partial charge in [0.2, 0.25) is 0 Å². The minimum Gasteiger partial charge on any atom is -0.352 e. The maximum atomic E-state index is 12.9. The zero-order valence-corrected chi connectivity index (χ0v) is 24.4. The monoisotopic (exact) mass is 570 g/mol. The lowest BCUT2D eigenvalue weighted by Crippen LogP contribution is -2.41. The number of carbonyl (C=O) groups is 2. The fourth-order valence-electron chi connectivity index (χ4n) is 4.48. The quantitative estimate of drug-likeness (QED) is 0.393. The molecule has 10 nitrogen and oxygen atoms in total. The third-order valence-electron chi connectivity index (χ3n) is 7.07. The predicted octanol–water partition coefficient (Wildman–Crippen LogP) is 0.685. The van der Waals surface area contributed by atoms with E-state index in [1.165, 1.54) is 0 Å². The van der Waals surface area contributed by atoms with Crippen LogP contribution in [0.15, 0.2) is 18.2 Å². The van der Waals surface area contributed by atoms with Gasteiger partial charge < -0.3 is 20.4 Å². The number of nitrogens with zero attached hydrogens (tertiary/aromatic N) is 2. The molecule has 3 rings (SSSR count). The van der Waals surface area contributed by atoms with Gasteiger partial charge in [0.1, 0.15) is 0 Å². The third-order valence-corrected chi connectivity index (χ3v) is 10.3. The van der Waals surface area contributed by atoms with Crippen LogP contribution in [0, 0.1) is 0 Å². The van der Waals surface area contributed by atoms with Crippen molar-refractivity contribution in [2.24, 2.45) is 0 Å². The van der Waals surface area contributed by atoms with Gasteiger partial charge in [0.15, 0.2) is 19.7 Å². The highest BCUT2D eigenvalue weighted by Gasteiger charge is 2.23. The highest BCUT2D eigenvalue weighted by Crippen LogP contribution is 2.25. The second-order valence-electron chi connectivity index (χ2n) is 11.3. The smallest absolute Gasteiger partial charge is 0.251 e. The number of amides is 2. The Morgan fingerprint density at radius 2 is 1.08 bits per heavy atom. The van der Waals surface area contributed by atoms with Crippen LogP contribution in [0.4, 0.5) is 0 Å². The van der Waals surface area contributed by atoms with E-state index in [0.29, 0.717) is 63.2 Å². The lowest BCUT2D eigenvalue weighted by molar-refractivity contribution is 0.0951. The van der Waals surface area contributed by atoms with Crippen LogP contribution in [0.2, 0.25) is 0 Å². The normalized spacial score (nSPS) is 20.1. The Labute approximate surface area is 227 Å². The summed E-state index contributed by atoms with van der Waals surface area (Å²) in [7, 11) is -5.81. The van der Waals surface area contributed by atoms with Crippen LogP contribution in [0.3, 0.4) is 0 Å². The molecule has 0 radical (unpaired) electrons. The topological polar surface area (TPSA) is 133 Å². The van der Waals surface area contributed by atoms with Gasteiger partial charge in [0.25, 0.3) is 11.8 Å². The van der Waals surface area contributed by atoms with E-state index < -0.39 is 19.7 Å². The Morgan fingerprint density at radius 1 is 0.711 bits per heavy atom. The first-order valence-corrected chi connectivity index (χ1v) is 17.0. The van der Waals surface area contributed by atoms with Crippen molar-refractivity contribution in [1.29, 1.82) is 0 Å². The molecule has 38 heavy (non-hydrogen) atoms. The number of benzene rings is 1. The molecule has 2 saturated heterocycles. The standard InChI is InChI=1S/C26H42N4O6S2/c1-26(2,3)23-19-21(24(31)27-6-4-8-29-10-14-37(33,34)15-11-29)18-22(20-23)25(32)28-7-5-9-30-12-16-38(35,36)17-13-30/h18-20H,4-17H2,1-3H3,(H,27,31)(H,28,32). The summed E-state index contributed by atoms with van der Waals surface area (Å²) in [6.07, 6.45) is 1.42. The zero-order valence-electron chi connectivity index (χ0n) is 22.8. The second-order valence-corrected chi connectivity index (χ2v) is 15.9. The van der Waals surface area contributed by atoms with Gasteiger partial charge in [-0.05, 0) is 55.1 Å². The SMILES string of the molecule is CC(C)(C)c1cc(C(=O)NCCCN2CCS(=O)(=O)CC2)cc(C(=O)NCCCN2CCS(=O)(=O)CC2)c1. The largest absolute Gasteiger partial charge is 0.352 e. The van der Waals surface area contributed by atoms with Crippen molar-refractivity contribution >= 4 is 31.5 Å². The lowest BCUT2D eigenvalue weighted by atomic mass is 9.85. The molecular formula is C26H42N4O6S2. The van der Waals surface area contributed by atoms with E-state index in [0.717, 1.165) is 18.7 Å². The van der Waals surface area contributed by atoms with Gasteiger partial charge in [-0.1, -0.05) is 20.8 Å². The third kappa shape index (κ3) is 9.62. The second kappa shape index (κ2) is 12.9. The maximum Gasteiger partial charge on any atom is 0.251 e. The fourth-order valence-corrected chi connectivity index (χ4v) is 7.04. The summed E-state index contributed by atoms with van der Waals surface area (Å²) in [4.78, 5) is 30.1. The van der Waals surface area contributed by atoms with Crippen LogP contribution in [-0.4, -0.2) is 114 Å². The molecule has 214 valence electrons. The molecule has 2 fully saturated rings. The average molecular weight is 571 g/mol. The maximum absolute atomic E-state index is 12.9. The molecule has 2 N–H and O–H groups in total. The number of hydrogen-bond acceptors (Lipinski definition) is 8. The van der Waals surface area contributed by atoms with E-state index in [9.17, 15) is 26.4 Å². The van der Waals surface area contributed by atoms with E-state index >= 15 is 0 Å². The van der Waals surface area contributed by atoms with Crippen LogP contribution in [-0.2, 0) is 25.1 Å². The summed E-state index contributed by atoms with van der Waals surface area (Å²) in [5.74, 6) is 0.259. The van der Waals surface area contributed by atoms with Crippen molar-refractivity contribution in [3.8, 4) is 0 Å². The molecule has 0 unspecified atom stereocenters. The van der Waals surface area contributed by atoms with Crippen molar-refractivity contribution in [3.63, 3.8) is 0 Å². The first kappa shape index (κ1) is 30.5.